The lowest BCUT2D eigenvalue weighted by atomic mass is 9.95. The number of benzene rings is 14. The second-order valence-electron chi connectivity index (χ2n) is 25.0. The van der Waals surface area contributed by atoms with Crippen LogP contribution in [-0.2, 0) is 0 Å². The van der Waals surface area contributed by atoms with Gasteiger partial charge < -0.3 is 0 Å². The van der Waals surface area contributed by atoms with Gasteiger partial charge in [-0.25, -0.2) is 19.9 Å². The zero-order valence-corrected chi connectivity index (χ0v) is 54.5. The minimum atomic E-state index is 0.711. The molecule has 0 radical (unpaired) electrons. The SMILES string of the molecule is c1ccc(-c2cc(-c3ccccc3)nc(-c3ccc(-c4ccc5ccc(-c6ccc(-c7cccc8cccnc78)cc6)cc5c4)cc3)n2)cc1.c1ccc(-c2cc(-c3ccccc3)nc(-c3ccc(-c4ccc5ccc(-c6ccc(-c7cnc8ccccc8c7)cc6)cc5c4)cc3)n2)cc1. The minimum absolute atomic E-state index is 0.711. The molecule has 6 heteroatoms. The maximum atomic E-state index is 5.00. The lowest BCUT2D eigenvalue weighted by molar-refractivity contribution is 1.18. The van der Waals surface area contributed by atoms with Gasteiger partial charge in [0, 0.05) is 67.7 Å². The van der Waals surface area contributed by atoms with E-state index in [0.717, 1.165) is 111 Å². The molecule has 0 atom stereocenters. The molecule has 0 spiro atoms. The zero-order valence-electron chi connectivity index (χ0n) is 54.5. The summed E-state index contributed by atoms with van der Waals surface area (Å²) >= 11 is 0. The topological polar surface area (TPSA) is 77.3 Å². The predicted octanol–water partition coefficient (Wildman–Crippen LogP) is 24.4. The Kier molecular flexibility index (Phi) is 16.3. The third-order valence-corrected chi connectivity index (χ3v) is 18.7. The maximum absolute atomic E-state index is 5.00. The first-order chi connectivity index (χ1) is 49.5. The fraction of sp³-hybridized carbons (Fsp3) is 0. The van der Waals surface area contributed by atoms with Gasteiger partial charge >= 0.3 is 0 Å². The molecule has 0 N–H and O–H groups in total. The first kappa shape index (κ1) is 60.3. The fourth-order valence-electron chi connectivity index (χ4n) is 13.3. The second-order valence-corrected chi connectivity index (χ2v) is 25.0. The van der Waals surface area contributed by atoms with E-state index in [2.05, 4.69) is 283 Å². The molecule has 468 valence electrons. The van der Waals surface area contributed by atoms with Gasteiger partial charge in [0.2, 0.25) is 0 Å². The van der Waals surface area contributed by atoms with Crippen LogP contribution in [0.15, 0.2) is 376 Å². The van der Waals surface area contributed by atoms with Gasteiger partial charge in [0.05, 0.1) is 33.8 Å². The Morgan fingerprint density at radius 3 is 0.900 bits per heavy atom. The predicted molar refractivity (Wildman–Crippen MR) is 415 cm³/mol. The average molecular weight is 1280 g/mol. The molecular weight excluding hydrogens is 1210 g/mol. The summed E-state index contributed by atoms with van der Waals surface area (Å²) in [6.07, 6.45) is 3.82. The molecule has 0 bridgehead atoms. The smallest absolute Gasteiger partial charge is 0.160 e. The van der Waals surface area contributed by atoms with Crippen molar-refractivity contribution < 1.29 is 0 Å². The van der Waals surface area contributed by atoms with Crippen molar-refractivity contribution in [1.82, 2.24) is 29.9 Å². The number of para-hydroxylation sites is 2. The van der Waals surface area contributed by atoms with E-state index in [1.165, 1.54) is 54.9 Å². The van der Waals surface area contributed by atoms with Crippen molar-refractivity contribution in [2.75, 3.05) is 0 Å². The molecule has 4 heterocycles. The van der Waals surface area contributed by atoms with Crippen molar-refractivity contribution in [3.8, 4) is 135 Å². The van der Waals surface area contributed by atoms with Crippen LogP contribution in [0.5, 0.6) is 0 Å². The average Bonchev–Trinajstić information content (AvgIpc) is 0.820. The van der Waals surface area contributed by atoms with Crippen LogP contribution in [0, 0.1) is 0 Å². The highest BCUT2D eigenvalue weighted by atomic mass is 14.9. The summed E-state index contributed by atoms with van der Waals surface area (Å²) in [4.78, 5) is 29.3. The first-order valence-corrected chi connectivity index (χ1v) is 33.7. The van der Waals surface area contributed by atoms with Gasteiger partial charge in [0.15, 0.2) is 11.6 Å². The zero-order chi connectivity index (χ0) is 66.6. The minimum Gasteiger partial charge on any atom is -0.256 e. The third kappa shape index (κ3) is 12.7. The number of aromatic nitrogens is 6. The van der Waals surface area contributed by atoms with E-state index >= 15 is 0 Å². The van der Waals surface area contributed by atoms with E-state index in [1.807, 2.05) is 103 Å². The number of hydrogen-bond acceptors (Lipinski definition) is 6. The number of nitrogens with zero attached hydrogens (tertiary/aromatic N) is 6. The van der Waals surface area contributed by atoms with Gasteiger partial charge in [-0.2, -0.15) is 0 Å². The lowest BCUT2D eigenvalue weighted by Gasteiger charge is -2.11. The molecule has 0 amide bonds. The van der Waals surface area contributed by atoms with E-state index in [1.54, 1.807) is 0 Å². The molecular formula is C94H62N6. The molecule has 4 aromatic heterocycles. The number of fused-ring (bicyclic) bond motifs is 4. The van der Waals surface area contributed by atoms with Crippen molar-refractivity contribution >= 4 is 43.4 Å². The number of rotatable bonds is 12. The Hall–Kier alpha value is -13.4. The largest absolute Gasteiger partial charge is 0.256 e. The highest BCUT2D eigenvalue weighted by molar-refractivity contribution is 5.96. The van der Waals surface area contributed by atoms with Gasteiger partial charge in [-0.1, -0.05) is 309 Å². The van der Waals surface area contributed by atoms with Crippen molar-refractivity contribution in [3.63, 3.8) is 0 Å². The molecule has 14 aromatic carbocycles. The van der Waals surface area contributed by atoms with Gasteiger partial charge in [-0.05, 0) is 132 Å². The molecule has 0 aliphatic carbocycles. The monoisotopic (exact) mass is 1270 g/mol. The van der Waals surface area contributed by atoms with Gasteiger partial charge in [-0.3, -0.25) is 9.97 Å². The van der Waals surface area contributed by atoms with E-state index in [9.17, 15) is 0 Å². The number of hydrogen-bond donors (Lipinski definition) is 0. The fourth-order valence-corrected chi connectivity index (χ4v) is 13.3. The number of pyridine rings is 2. The van der Waals surface area contributed by atoms with E-state index in [-0.39, 0.29) is 0 Å². The molecule has 0 fully saturated rings. The molecule has 0 aliphatic rings. The Bertz CT molecular complexity index is 5840. The standard InChI is InChI=1S/2C47H31N3/c1-3-9-36(10-4-1)44-31-45(37-11-5-2-6-12-37)50-47(49-44)39-24-18-33(19-25-39)41-27-21-34-20-26-40(29-42(34)30-41)32-16-22-35(23-17-32)43-15-7-13-38-14-8-28-48-46(38)43;1-3-9-36(10-4-1)45-30-46(37-11-5-2-6-12-37)50-47(49-45)38-23-19-33(20-24-38)40-26-22-34-21-25-39(27-42(34)28-40)32-15-17-35(18-16-32)43-29-41-13-7-8-14-44(41)48-31-43/h2*1-31H. The van der Waals surface area contributed by atoms with Gasteiger partial charge in [0.25, 0.3) is 0 Å². The van der Waals surface area contributed by atoms with Crippen LogP contribution in [-0.4, -0.2) is 29.9 Å². The summed E-state index contributed by atoms with van der Waals surface area (Å²) in [5, 5.41) is 7.14. The molecule has 0 aliphatic heterocycles. The van der Waals surface area contributed by atoms with Crippen LogP contribution < -0.4 is 0 Å². The van der Waals surface area contributed by atoms with Gasteiger partial charge in [0.1, 0.15) is 0 Å². The summed E-state index contributed by atoms with van der Waals surface area (Å²) < 4.78 is 0. The summed E-state index contributed by atoms with van der Waals surface area (Å²) in [5.41, 5.74) is 25.9. The molecule has 6 nitrogen and oxygen atoms in total. The highest BCUT2D eigenvalue weighted by Gasteiger charge is 2.15. The van der Waals surface area contributed by atoms with Crippen LogP contribution in [0.1, 0.15) is 0 Å². The molecule has 0 saturated heterocycles. The van der Waals surface area contributed by atoms with Crippen LogP contribution in [0.25, 0.3) is 178 Å². The molecule has 18 aromatic rings. The molecule has 18 rings (SSSR count). The van der Waals surface area contributed by atoms with Crippen LogP contribution in [0.2, 0.25) is 0 Å². The second kappa shape index (κ2) is 27.0. The van der Waals surface area contributed by atoms with Crippen molar-refractivity contribution in [2.45, 2.75) is 0 Å². The maximum Gasteiger partial charge on any atom is 0.160 e. The Labute approximate surface area is 580 Å². The van der Waals surface area contributed by atoms with Crippen molar-refractivity contribution in [3.05, 3.63) is 376 Å². The van der Waals surface area contributed by atoms with E-state index in [4.69, 9.17) is 19.9 Å². The van der Waals surface area contributed by atoms with E-state index in [0.29, 0.717) is 11.6 Å². The summed E-state index contributed by atoms with van der Waals surface area (Å²) in [6, 6.07) is 128. The van der Waals surface area contributed by atoms with Gasteiger partial charge in [-0.15, -0.1) is 0 Å². The van der Waals surface area contributed by atoms with Crippen LogP contribution >= 0.6 is 0 Å². The van der Waals surface area contributed by atoms with Crippen LogP contribution in [0.4, 0.5) is 0 Å². The Morgan fingerprint density at radius 2 is 0.490 bits per heavy atom. The quantitative estimate of drug-likeness (QED) is 0.121. The molecule has 0 unspecified atom stereocenters. The Balaban J connectivity index is 0.000000150. The lowest BCUT2D eigenvalue weighted by Crippen LogP contribution is -1.95. The third-order valence-electron chi connectivity index (χ3n) is 18.7. The highest BCUT2D eigenvalue weighted by Crippen LogP contribution is 2.37. The first-order valence-electron chi connectivity index (χ1n) is 33.7. The normalized spacial score (nSPS) is 11.2. The molecule has 0 saturated carbocycles. The van der Waals surface area contributed by atoms with Crippen molar-refractivity contribution in [2.24, 2.45) is 0 Å². The van der Waals surface area contributed by atoms with Crippen LogP contribution in [0.3, 0.4) is 0 Å². The summed E-state index contributed by atoms with van der Waals surface area (Å²) in [7, 11) is 0. The molecule has 100 heavy (non-hydrogen) atoms. The summed E-state index contributed by atoms with van der Waals surface area (Å²) in [5.74, 6) is 1.42. The van der Waals surface area contributed by atoms with Crippen molar-refractivity contribution in [1.29, 1.82) is 0 Å². The van der Waals surface area contributed by atoms with E-state index < -0.39 is 0 Å². The Morgan fingerprint density at radius 1 is 0.170 bits per heavy atom. The summed E-state index contributed by atoms with van der Waals surface area (Å²) in [6.45, 7) is 0.